The molecular weight excluding hydrogens is 772 g/mol. The number of rotatable bonds is 29. The van der Waals surface area contributed by atoms with Gasteiger partial charge in [0.15, 0.2) is 17.4 Å². The molecule has 1 aliphatic heterocycles. The lowest BCUT2D eigenvalue weighted by molar-refractivity contribution is -0.0892. The summed E-state index contributed by atoms with van der Waals surface area (Å²) in [7, 11) is -3.50. The Balaban J connectivity index is 1.22. The zero-order valence-electron chi connectivity index (χ0n) is 34.2. The fourth-order valence-corrected chi connectivity index (χ4v) is 7.95. The third kappa shape index (κ3) is 13.8. The molecule has 3 heterocycles. The Bertz CT molecular complexity index is 1780. The first kappa shape index (κ1) is 47.3. The standard InChI is InChI=1S/C41H63FN5O10P/c1-4-5-6-7-8-9-10-11-12-13-14-15-16-17-18-19-22-53-26-31(56-35-24-34(52-3)30(25-43)23-32(35)42)27-54-58(50,51)55-28-36-38(48)39(49)41(2,57-36)37-21-20-33-40(44)45-29-46-47(33)37/h20-21,23-24,29,31,36,38-39,48-49H,4-19,22,26-28H2,1-3H3,(H,50,51)(H2,44,45,46)/t31-,36-,38-,39-,41+/m1/s1. The first-order valence-electron chi connectivity index (χ1n) is 20.7. The van der Waals surface area contributed by atoms with Crippen molar-refractivity contribution in [2.45, 2.75) is 147 Å². The molecular formula is C41H63FN5O10P. The molecule has 0 spiro atoms. The number of halogens is 1. The number of aliphatic hydroxyl groups excluding tert-OH is 2. The maximum Gasteiger partial charge on any atom is 0.472 e. The molecule has 15 nitrogen and oxygen atoms in total. The molecule has 1 aliphatic rings. The van der Waals surface area contributed by atoms with Gasteiger partial charge in [0, 0.05) is 12.7 Å². The second-order valence-corrected chi connectivity index (χ2v) is 16.6. The number of hydrogen-bond donors (Lipinski definition) is 4. The van der Waals surface area contributed by atoms with Crippen LogP contribution in [-0.2, 0) is 28.7 Å². The molecule has 2 aromatic heterocycles. The first-order chi connectivity index (χ1) is 27.9. The number of nitrogen functional groups attached to an aromatic ring is 1. The minimum absolute atomic E-state index is 0.0340. The molecule has 0 saturated carbocycles. The van der Waals surface area contributed by atoms with Gasteiger partial charge in [-0.2, -0.15) is 10.4 Å². The van der Waals surface area contributed by atoms with Crippen LogP contribution >= 0.6 is 7.82 Å². The van der Waals surface area contributed by atoms with Gasteiger partial charge in [0.25, 0.3) is 0 Å². The van der Waals surface area contributed by atoms with Crippen LogP contribution in [0.15, 0.2) is 30.6 Å². The molecule has 1 aromatic carbocycles. The van der Waals surface area contributed by atoms with Crippen LogP contribution in [0.1, 0.15) is 128 Å². The largest absolute Gasteiger partial charge is 0.495 e. The molecule has 0 amide bonds. The van der Waals surface area contributed by atoms with Crippen molar-refractivity contribution in [3.8, 4) is 17.6 Å². The minimum Gasteiger partial charge on any atom is -0.495 e. The van der Waals surface area contributed by atoms with E-state index >= 15 is 0 Å². The van der Waals surface area contributed by atoms with Gasteiger partial charge in [-0.3, -0.25) is 9.05 Å². The number of nitrogens with two attached hydrogens (primary N) is 1. The molecule has 0 radical (unpaired) electrons. The van der Waals surface area contributed by atoms with Gasteiger partial charge in [-0.25, -0.2) is 18.5 Å². The van der Waals surface area contributed by atoms with Crippen LogP contribution in [0.2, 0.25) is 0 Å². The second kappa shape index (κ2) is 24.0. The van der Waals surface area contributed by atoms with Crippen molar-refractivity contribution in [3.05, 3.63) is 47.7 Å². The van der Waals surface area contributed by atoms with Crippen molar-refractivity contribution in [2.24, 2.45) is 0 Å². The summed E-state index contributed by atoms with van der Waals surface area (Å²) in [5.74, 6) is -0.838. The van der Waals surface area contributed by atoms with Gasteiger partial charge >= 0.3 is 7.82 Å². The molecule has 5 N–H and O–H groups in total. The Kier molecular flexibility index (Phi) is 19.6. The Hall–Kier alpha value is -3.39. The Labute approximate surface area is 341 Å². The van der Waals surface area contributed by atoms with Crippen molar-refractivity contribution >= 4 is 19.2 Å². The zero-order valence-corrected chi connectivity index (χ0v) is 35.1. The van der Waals surface area contributed by atoms with Gasteiger partial charge in [0.1, 0.15) is 53.7 Å². The number of phosphoric ester groups is 1. The van der Waals surface area contributed by atoms with Crippen LogP contribution in [0, 0.1) is 17.1 Å². The lowest BCUT2D eigenvalue weighted by Crippen LogP contribution is -2.39. The molecule has 1 saturated heterocycles. The molecule has 58 heavy (non-hydrogen) atoms. The summed E-state index contributed by atoms with van der Waals surface area (Å²) in [6.07, 6.45) is 15.8. The normalized spacial score (nSPS) is 20.9. The lowest BCUT2D eigenvalue weighted by atomic mass is 9.93. The van der Waals surface area contributed by atoms with Crippen LogP contribution < -0.4 is 15.2 Å². The van der Waals surface area contributed by atoms with Gasteiger partial charge in [-0.05, 0) is 31.5 Å². The molecule has 324 valence electrons. The summed E-state index contributed by atoms with van der Waals surface area (Å²) >= 11 is 0. The SMILES string of the molecule is CCCCCCCCCCCCCCCCCCOC[C@H](COP(=O)(O)OC[C@H]1O[C@@](C)(c2ccc3c(N)ncnn23)[C@H](O)[C@@H]1O)Oc1cc(OC)c(C#N)cc1F. The quantitative estimate of drug-likeness (QED) is 0.0393. The summed E-state index contributed by atoms with van der Waals surface area (Å²) in [5.41, 5.74) is 5.23. The summed E-state index contributed by atoms with van der Waals surface area (Å²) in [4.78, 5) is 14.6. The number of aromatic nitrogens is 3. The number of nitrogens with zero attached hydrogens (tertiary/aromatic N) is 4. The topological polar surface area (TPSA) is 213 Å². The number of ether oxygens (including phenoxy) is 4. The third-order valence-corrected chi connectivity index (χ3v) is 11.5. The van der Waals surface area contributed by atoms with Gasteiger partial charge in [0.2, 0.25) is 0 Å². The number of anilines is 1. The first-order valence-corrected chi connectivity index (χ1v) is 22.2. The van der Waals surface area contributed by atoms with E-state index in [1.807, 2.05) is 6.07 Å². The highest BCUT2D eigenvalue weighted by Crippen LogP contribution is 2.46. The minimum atomic E-state index is -4.83. The zero-order chi connectivity index (χ0) is 42.0. The third-order valence-electron chi connectivity index (χ3n) is 10.6. The van der Waals surface area contributed by atoms with E-state index in [0.717, 1.165) is 31.7 Å². The van der Waals surface area contributed by atoms with Crippen molar-refractivity contribution < 1.29 is 52.1 Å². The average molecular weight is 836 g/mol. The fraction of sp³-hybridized carbons (Fsp3) is 0.683. The molecule has 0 aliphatic carbocycles. The number of benzene rings is 1. The van der Waals surface area contributed by atoms with E-state index in [9.17, 15) is 29.3 Å². The number of aliphatic hydroxyl groups is 2. The van der Waals surface area contributed by atoms with Crippen LogP contribution in [0.25, 0.3) is 5.52 Å². The highest BCUT2D eigenvalue weighted by atomic mass is 31.2. The number of hydrogen-bond acceptors (Lipinski definition) is 13. The van der Waals surface area contributed by atoms with E-state index in [1.54, 1.807) is 12.1 Å². The second-order valence-electron chi connectivity index (χ2n) is 15.1. The number of methoxy groups -OCH3 is 1. The van der Waals surface area contributed by atoms with Crippen LogP contribution in [-0.4, -0.2) is 87.7 Å². The lowest BCUT2D eigenvalue weighted by Gasteiger charge is -2.27. The van der Waals surface area contributed by atoms with E-state index in [1.165, 1.54) is 108 Å². The smallest absolute Gasteiger partial charge is 0.472 e. The van der Waals surface area contributed by atoms with Gasteiger partial charge < -0.3 is 39.8 Å². The number of unbranched alkanes of at least 4 members (excludes halogenated alkanes) is 15. The Morgan fingerprint density at radius 2 is 1.59 bits per heavy atom. The summed E-state index contributed by atoms with van der Waals surface area (Å²) < 4.78 is 62.7. The molecule has 0 bridgehead atoms. The predicted molar refractivity (Wildman–Crippen MR) is 216 cm³/mol. The Morgan fingerprint density at radius 1 is 0.966 bits per heavy atom. The van der Waals surface area contributed by atoms with Gasteiger partial charge in [0.05, 0.1) is 38.2 Å². The monoisotopic (exact) mass is 835 g/mol. The van der Waals surface area contributed by atoms with Crippen molar-refractivity contribution in [1.82, 2.24) is 14.6 Å². The summed E-state index contributed by atoms with van der Waals surface area (Å²) in [6, 6.07) is 7.29. The summed E-state index contributed by atoms with van der Waals surface area (Å²) in [6.45, 7) is 2.87. The van der Waals surface area contributed by atoms with E-state index in [0.29, 0.717) is 17.8 Å². The molecule has 3 aromatic rings. The molecule has 1 fully saturated rings. The number of fused-ring (bicyclic) bond motifs is 1. The van der Waals surface area contributed by atoms with E-state index < -0.39 is 56.9 Å². The fourth-order valence-electron chi connectivity index (χ4n) is 7.18. The number of nitriles is 1. The van der Waals surface area contributed by atoms with Crippen molar-refractivity contribution in [2.75, 3.05) is 39.3 Å². The highest BCUT2D eigenvalue weighted by Gasteiger charge is 2.54. The van der Waals surface area contributed by atoms with Crippen LogP contribution in [0.4, 0.5) is 10.2 Å². The molecule has 1 unspecified atom stereocenters. The molecule has 4 rings (SSSR count). The van der Waals surface area contributed by atoms with Crippen molar-refractivity contribution in [1.29, 1.82) is 5.26 Å². The van der Waals surface area contributed by atoms with Gasteiger partial charge in [-0.15, -0.1) is 0 Å². The van der Waals surface area contributed by atoms with Crippen molar-refractivity contribution in [3.63, 3.8) is 0 Å². The van der Waals surface area contributed by atoms with E-state index in [4.69, 9.17) is 33.7 Å². The maximum atomic E-state index is 15.0. The van der Waals surface area contributed by atoms with E-state index in [-0.39, 0.29) is 29.5 Å². The predicted octanol–water partition coefficient (Wildman–Crippen LogP) is 7.53. The summed E-state index contributed by atoms with van der Waals surface area (Å²) in [5, 5.41) is 35.4. The molecule has 6 atom stereocenters. The number of phosphoric acid groups is 1. The molecule has 17 heteroatoms. The average Bonchev–Trinajstić information content (AvgIpc) is 3.75. The Morgan fingerprint density at radius 3 is 2.19 bits per heavy atom. The van der Waals surface area contributed by atoms with Gasteiger partial charge in [-0.1, -0.05) is 103 Å². The van der Waals surface area contributed by atoms with Crippen LogP contribution in [0.3, 0.4) is 0 Å². The maximum absolute atomic E-state index is 15.0. The highest BCUT2D eigenvalue weighted by molar-refractivity contribution is 7.47. The van der Waals surface area contributed by atoms with E-state index in [2.05, 4.69) is 17.0 Å². The van der Waals surface area contributed by atoms with Crippen LogP contribution in [0.5, 0.6) is 11.5 Å².